The fourth-order valence-corrected chi connectivity index (χ4v) is 4.33. The highest BCUT2D eigenvalue weighted by atomic mass is 79.9. The average Bonchev–Trinajstić information content (AvgIpc) is 2.22. The molecule has 0 aliphatic heterocycles. The van der Waals surface area contributed by atoms with Crippen molar-refractivity contribution in [2.75, 3.05) is 18.6 Å². The van der Waals surface area contributed by atoms with Gasteiger partial charge in [-0.05, 0) is 24.6 Å². The fourth-order valence-electron chi connectivity index (χ4n) is 1.42. The highest BCUT2D eigenvalue weighted by Gasteiger charge is 2.22. The molecule has 0 saturated heterocycles. The van der Waals surface area contributed by atoms with Crippen molar-refractivity contribution in [2.45, 2.75) is 13.1 Å². The van der Waals surface area contributed by atoms with Crippen LogP contribution >= 0.6 is 34.9 Å². The van der Waals surface area contributed by atoms with Crippen LogP contribution in [0.1, 0.15) is 12.5 Å². The predicted octanol–water partition coefficient (Wildman–Crippen LogP) is 4.50. The lowest BCUT2D eigenvalue weighted by atomic mass is 10.2. The maximum atomic E-state index is 12.3. The van der Waals surface area contributed by atoms with Crippen molar-refractivity contribution in [3.05, 3.63) is 34.3 Å². The van der Waals surface area contributed by atoms with E-state index in [1.165, 1.54) is 0 Å². The second-order valence-electron chi connectivity index (χ2n) is 3.43. The first kappa shape index (κ1) is 14.2. The molecule has 16 heavy (non-hydrogen) atoms. The lowest BCUT2D eigenvalue weighted by Gasteiger charge is -2.16. The molecular formula is C11H15BrClO2P. The van der Waals surface area contributed by atoms with E-state index in [-0.39, 0.29) is 0 Å². The fraction of sp³-hybridized carbons (Fsp3) is 0.455. The third kappa shape index (κ3) is 4.58. The monoisotopic (exact) mass is 324 g/mol. The number of hydrogen-bond donors (Lipinski definition) is 0. The predicted molar refractivity (Wildman–Crippen MR) is 72.7 cm³/mol. The van der Waals surface area contributed by atoms with Crippen molar-refractivity contribution in [2.24, 2.45) is 0 Å². The SMILES string of the molecule is CCOP(=O)(CCCl)Cc1ccc(Br)cc1. The zero-order valence-corrected chi connectivity index (χ0v) is 12.4. The lowest BCUT2D eigenvalue weighted by molar-refractivity contribution is 0.333. The largest absolute Gasteiger partial charge is 0.328 e. The van der Waals surface area contributed by atoms with Crippen LogP contribution in [0.2, 0.25) is 0 Å². The van der Waals surface area contributed by atoms with E-state index >= 15 is 0 Å². The van der Waals surface area contributed by atoms with Crippen molar-refractivity contribution in [1.82, 2.24) is 0 Å². The quantitative estimate of drug-likeness (QED) is 0.568. The van der Waals surface area contributed by atoms with Gasteiger partial charge in [-0.3, -0.25) is 4.57 Å². The van der Waals surface area contributed by atoms with Gasteiger partial charge in [-0.2, -0.15) is 0 Å². The van der Waals surface area contributed by atoms with Gasteiger partial charge in [0.15, 0.2) is 0 Å². The van der Waals surface area contributed by atoms with Crippen molar-refractivity contribution in [3.63, 3.8) is 0 Å². The Kier molecular flexibility index (Phi) is 6.06. The van der Waals surface area contributed by atoms with E-state index in [4.69, 9.17) is 16.1 Å². The first-order valence-electron chi connectivity index (χ1n) is 5.12. The summed E-state index contributed by atoms with van der Waals surface area (Å²) in [7, 11) is -2.60. The molecular weight excluding hydrogens is 310 g/mol. The van der Waals surface area contributed by atoms with E-state index in [1.54, 1.807) is 0 Å². The summed E-state index contributed by atoms with van der Waals surface area (Å²) in [5.41, 5.74) is 1.02. The second-order valence-corrected chi connectivity index (χ2v) is 7.37. The number of benzene rings is 1. The molecule has 5 heteroatoms. The molecule has 1 unspecified atom stereocenters. The van der Waals surface area contributed by atoms with E-state index < -0.39 is 7.37 Å². The molecule has 0 saturated carbocycles. The summed E-state index contributed by atoms with van der Waals surface area (Å²) in [6.07, 6.45) is 0.888. The maximum absolute atomic E-state index is 12.3. The van der Waals surface area contributed by atoms with Crippen molar-refractivity contribution in [3.8, 4) is 0 Å². The molecule has 0 radical (unpaired) electrons. The third-order valence-corrected chi connectivity index (χ3v) is 5.59. The van der Waals surface area contributed by atoms with E-state index in [1.807, 2.05) is 31.2 Å². The molecule has 2 nitrogen and oxygen atoms in total. The first-order valence-corrected chi connectivity index (χ1v) is 8.45. The summed E-state index contributed by atoms with van der Waals surface area (Å²) in [5.74, 6) is 0.369. The molecule has 0 aromatic heterocycles. The molecule has 1 aromatic rings. The van der Waals surface area contributed by atoms with E-state index in [0.29, 0.717) is 24.8 Å². The van der Waals surface area contributed by atoms with Crippen LogP contribution in [-0.4, -0.2) is 18.6 Å². The summed E-state index contributed by atoms with van der Waals surface area (Å²) in [4.78, 5) is 0. The van der Waals surface area contributed by atoms with Crippen LogP contribution in [0.25, 0.3) is 0 Å². The van der Waals surface area contributed by atoms with Gasteiger partial charge in [0.25, 0.3) is 0 Å². The number of halogens is 2. The van der Waals surface area contributed by atoms with Gasteiger partial charge in [-0.15, -0.1) is 11.6 Å². The molecule has 90 valence electrons. The van der Waals surface area contributed by atoms with Gasteiger partial charge in [0.05, 0.1) is 6.61 Å². The molecule has 0 bridgehead atoms. The Hall–Kier alpha value is 0.180. The van der Waals surface area contributed by atoms with Crippen molar-refractivity contribution in [1.29, 1.82) is 0 Å². The van der Waals surface area contributed by atoms with Crippen LogP contribution < -0.4 is 0 Å². The lowest BCUT2D eigenvalue weighted by Crippen LogP contribution is -2.00. The highest BCUT2D eigenvalue weighted by Crippen LogP contribution is 2.50. The molecule has 1 atom stereocenters. The molecule has 0 N–H and O–H groups in total. The van der Waals surface area contributed by atoms with Gasteiger partial charge in [0, 0.05) is 22.7 Å². The average molecular weight is 326 g/mol. The highest BCUT2D eigenvalue weighted by molar-refractivity contribution is 9.10. The van der Waals surface area contributed by atoms with Crippen LogP contribution in [0, 0.1) is 0 Å². The summed E-state index contributed by atoms with van der Waals surface area (Å²) in [6.45, 7) is 2.31. The minimum Gasteiger partial charge on any atom is -0.328 e. The summed E-state index contributed by atoms with van der Waals surface area (Å²) in [6, 6.07) is 7.77. The normalized spacial score (nSPS) is 14.7. The van der Waals surface area contributed by atoms with E-state index in [0.717, 1.165) is 10.0 Å². The van der Waals surface area contributed by atoms with Gasteiger partial charge in [0.2, 0.25) is 7.37 Å². The molecule has 0 aliphatic rings. The maximum Gasteiger partial charge on any atom is 0.208 e. The van der Waals surface area contributed by atoms with Crippen molar-refractivity contribution < 1.29 is 9.09 Å². The second kappa shape index (κ2) is 6.80. The Bertz CT molecular complexity index is 357. The number of rotatable bonds is 6. The number of hydrogen-bond acceptors (Lipinski definition) is 2. The van der Waals surface area contributed by atoms with Crippen molar-refractivity contribution >= 4 is 34.9 Å². The molecule has 1 rings (SSSR count). The summed E-state index contributed by atoms with van der Waals surface area (Å²) < 4.78 is 18.7. The Balaban J connectivity index is 2.75. The summed E-state index contributed by atoms with van der Waals surface area (Å²) >= 11 is 9.02. The van der Waals surface area contributed by atoms with Crippen LogP contribution in [0.4, 0.5) is 0 Å². The van der Waals surface area contributed by atoms with Gasteiger partial charge < -0.3 is 4.52 Å². The Morgan fingerprint density at radius 2 is 2.00 bits per heavy atom. The molecule has 1 aromatic carbocycles. The van der Waals surface area contributed by atoms with E-state index in [9.17, 15) is 4.57 Å². The minimum atomic E-state index is -2.60. The zero-order valence-electron chi connectivity index (χ0n) is 9.16. The number of alkyl halides is 1. The molecule has 0 heterocycles. The summed E-state index contributed by atoms with van der Waals surface area (Å²) in [5, 5.41) is 0. The van der Waals surface area contributed by atoms with Gasteiger partial charge >= 0.3 is 0 Å². The molecule has 0 fully saturated rings. The third-order valence-electron chi connectivity index (χ3n) is 2.13. The first-order chi connectivity index (χ1) is 7.59. The smallest absolute Gasteiger partial charge is 0.208 e. The Morgan fingerprint density at radius 1 is 1.38 bits per heavy atom. The topological polar surface area (TPSA) is 26.3 Å². The Morgan fingerprint density at radius 3 is 2.50 bits per heavy atom. The van der Waals surface area contributed by atoms with Gasteiger partial charge in [-0.1, -0.05) is 28.1 Å². The zero-order chi connectivity index (χ0) is 12.0. The molecule has 0 aliphatic carbocycles. The van der Waals surface area contributed by atoms with Crippen LogP contribution in [0.15, 0.2) is 28.7 Å². The minimum absolute atomic E-state index is 0.369. The van der Waals surface area contributed by atoms with Crippen LogP contribution in [-0.2, 0) is 15.3 Å². The van der Waals surface area contributed by atoms with Crippen LogP contribution in [0.3, 0.4) is 0 Å². The standard InChI is InChI=1S/C11H15BrClO2P/c1-2-15-16(14,8-7-13)9-10-3-5-11(12)6-4-10/h3-6H,2,7-9H2,1H3. The van der Waals surface area contributed by atoms with Gasteiger partial charge in [0.1, 0.15) is 0 Å². The Labute approximate surface area is 110 Å². The van der Waals surface area contributed by atoms with Gasteiger partial charge in [-0.25, -0.2) is 0 Å². The van der Waals surface area contributed by atoms with E-state index in [2.05, 4.69) is 15.9 Å². The molecule has 0 spiro atoms. The molecule has 0 amide bonds. The van der Waals surface area contributed by atoms with Crippen LogP contribution in [0.5, 0.6) is 0 Å².